The van der Waals surface area contributed by atoms with Crippen LogP contribution in [-0.2, 0) is 5.41 Å². The Labute approximate surface area is 363 Å². The van der Waals surface area contributed by atoms with Crippen molar-refractivity contribution >= 4 is 54.4 Å². The topological polar surface area (TPSA) is 51.6 Å². The third kappa shape index (κ3) is 5.22. The average molecular weight is 801 g/mol. The molecule has 0 saturated heterocycles. The molecular weight excluding hydrogens is 765 g/mol. The molecule has 0 fully saturated rings. The molecule has 0 saturated carbocycles. The molecule has 0 spiro atoms. The van der Waals surface area contributed by atoms with Crippen molar-refractivity contribution in [1.82, 2.24) is 19.9 Å². The largest absolute Gasteiger partial charge is 0.256 e. The van der Waals surface area contributed by atoms with Gasteiger partial charge in [0, 0.05) is 56.6 Å². The highest BCUT2D eigenvalue weighted by Gasteiger charge is 2.46. The second-order valence-corrected chi connectivity index (χ2v) is 16.5. The number of hydrogen-bond acceptors (Lipinski definition) is 4. The fourth-order valence-corrected chi connectivity index (χ4v) is 10.6. The van der Waals surface area contributed by atoms with Gasteiger partial charge in [0.25, 0.3) is 0 Å². The maximum Gasteiger partial charge on any atom is 0.0970 e. The van der Waals surface area contributed by atoms with E-state index in [2.05, 4.69) is 188 Å². The second kappa shape index (κ2) is 13.8. The molecule has 1 aliphatic carbocycles. The zero-order valence-electron chi connectivity index (χ0n) is 34.1. The fourth-order valence-electron chi connectivity index (χ4n) is 10.6. The van der Waals surface area contributed by atoms with Crippen LogP contribution in [0.5, 0.6) is 0 Å². The van der Waals surface area contributed by atoms with Gasteiger partial charge in [-0.1, -0.05) is 158 Å². The molecule has 0 amide bonds. The van der Waals surface area contributed by atoms with E-state index in [-0.39, 0.29) is 0 Å². The van der Waals surface area contributed by atoms with E-state index >= 15 is 0 Å². The SMILES string of the molecule is c1ccc(C2(c3ccccc3)c3ccccc3-c3cc4c(-c5cccc(-c6ccc(-c7ccnc8c7ccc7cccnc78)c7cccnc67)c5)nc5ccccc5c4cc32)cc1. The molecule has 4 aromatic heterocycles. The summed E-state index contributed by atoms with van der Waals surface area (Å²) in [6.07, 6.45) is 5.62. The van der Waals surface area contributed by atoms with Gasteiger partial charge in [0.2, 0.25) is 0 Å². The minimum atomic E-state index is -0.499. The predicted octanol–water partition coefficient (Wildman–Crippen LogP) is 14.4. The van der Waals surface area contributed by atoms with E-state index < -0.39 is 5.41 Å². The highest BCUT2D eigenvalue weighted by Crippen LogP contribution is 2.57. The number of rotatable bonds is 5. The van der Waals surface area contributed by atoms with Crippen LogP contribution in [-0.4, -0.2) is 19.9 Å². The Balaban J connectivity index is 1.02. The van der Waals surface area contributed by atoms with Gasteiger partial charge >= 0.3 is 0 Å². The molecule has 1 aliphatic rings. The van der Waals surface area contributed by atoms with Crippen LogP contribution in [0.4, 0.5) is 0 Å². The standard InChI is InChI=1S/C59H36N4/c1-3-17-40(18-4-1)59(41-19-5-2-6-20-41)52-24-9-7-21-45(52)50-35-51-49(36-53(50)59)46-22-8-10-25-54(46)63-55(51)39-15-11-14-38(34-39)42-28-29-43(47-23-13-32-61-57(42)47)44-30-33-62-58-48(44)27-26-37-16-12-31-60-56(37)58/h1-36H. The van der Waals surface area contributed by atoms with Crippen molar-refractivity contribution in [3.8, 4) is 44.6 Å². The summed E-state index contributed by atoms with van der Waals surface area (Å²) in [6, 6.07) is 72.4. The van der Waals surface area contributed by atoms with Crippen LogP contribution in [0.15, 0.2) is 219 Å². The molecule has 0 aliphatic heterocycles. The molecule has 0 radical (unpaired) electrons. The molecule has 292 valence electrons. The molecule has 0 N–H and O–H groups in total. The Bertz CT molecular complexity index is 3760. The first-order valence-corrected chi connectivity index (χ1v) is 21.4. The number of benzene rings is 8. The highest BCUT2D eigenvalue weighted by molar-refractivity contribution is 6.15. The Morgan fingerprint density at radius 1 is 0.317 bits per heavy atom. The molecule has 8 aromatic carbocycles. The summed E-state index contributed by atoms with van der Waals surface area (Å²) in [5.74, 6) is 0. The van der Waals surface area contributed by atoms with Gasteiger partial charge in [0.15, 0.2) is 0 Å². The van der Waals surface area contributed by atoms with Crippen LogP contribution in [0.2, 0.25) is 0 Å². The maximum atomic E-state index is 5.48. The molecule has 12 aromatic rings. The van der Waals surface area contributed by atoms with Crippen molar-refractivity contribution in [2.75, 3.05) is 0 Å². The van der Waals surface area contributed by atoms with Crippen LogP contribution in [0, 0.1) is 0 Å². The second-order valence-electron chi connectivity index (χ2n) is 16.5. The van der Waals surface area contributed by atoms with Crippen LogP contribution in [0.3, 0.4) is 0 Å². The summed E-state index contributed by atoms with van der Waals surface area (Å²) in [5.41, 5.74) is 17.2. The van der Waals surface area contributed by atoms with Crippen molar-refractivity contribution in [3.05, 3.63) is 241 Å². The number of nitrogens with zero attached hydrogens (tertiary/aromatic N) is 4. The molecule has 0 unspecified atom stereocenters. The van der Waals surface area contributed by atoms with Gasteiger partial charge in [0.1, 0.15) is 0 Å². The van der Waals surface area contributed by atoms with E-state index in [4.69, 9.17) is 19.9 Å². The Morgan fingerprint density at radius 3 is 1.84 bits per heavy atom. The van der Waals surface area contributed by atoms with Crippen molar-refractivity contribution in [2.45, 2.75) is 5.41 Å². The number of aromatic nitrogens is 4. The molecule has 0 bridgehead atoms. The van der Waals surface area contributed by atoms with Crippen LogP contribution in [0.25, 0.3) is 99.0 Å². The van der Waals surface area contributed by atoms with E-state index in [0.29, 0.717) is 0 Å². The summed E-state index contributed by atoms with van der Waals surface area (Å²) >= 11 is 0. The van der Waals surface area contributed by atoms with E-state index in [1.54, 1.807) is 0 Å². The predicted molar refractivity (Wildman–Crippen MR) is 259 cm³/mol. The molecular formula is C59H36N4. The van der Waals surface area contributed by atoms with Gasteiger partial charge < -0.3 is 0 Å². The molecule has 0 atom stereocenters. The first-order valence-electron chi connectivity index (χ1n) is 21.4. The van der Waals surface area contributed by atoms with Crippen molar-refractivity contribution < 1.29 is 0 Å². The molecule has 4 heterocycles. The Kier molecular flexibility index (Phi) is 7.79. The Morgan fingerprint density at radius 2 is 0.984 bits per heavy atom. The normalized spacial score (nSPS) is 12.9. The van der Waals surface area contributed by atoms with Crippen LogP contribution >= 0.6 is 0 Å². The lowest BCUT2D eigenvalue weighted by Crippen LogP contribution is -2.28. The van der Waals surface area contributed by atoms with Crippen LogP contribution < -0.4 is 0 Å². The zero-order chi connectivity index (χ0) is 41.5. The number of hydrogen-bond donors (Lipinski definition) is 0. The highest BCUT2D eigenvalue weighted by atomic mass is 14.7. The van der Waals surface area contributed by atoms with Crippen molar-refractivity contribution in [1.29, 1.82) is 0 Å². The van der Waals surface area contributed by atoms with Crippen molar-refractivity contribution in [2.24, 2.45) is 0 Å². The number of para-hydroxylation sites is 1. The number of pyridine rings is 4. The molecule has 4 heteroatoms. The average Bonchev–Trinajstić information content (AvgIpc) is 3.65. The molecule has 63 heavy (non-hydrogen) atoms. The number of fused-ring (bicyclic) bond motifs is 10. The summed E-state index contributed by atoms with van der Waals surface area (Å²) < 4.78 is 0. The van der Waals surface area contributed by atoms with E-state index in [1.807, 2.05) is 30.7 Å². The minimum absolute atomic E-state index is 0.499. The van der Waals surface area contributed by atoms with E-state index in [9.17, 15) is 0 Å². The van der Waals surface area contributed by atoms with E-state index in [1.165, 1.54) is 38.8 Å². The summed E-state index contributed by atoms with van der Waals surface area (Å²) in [6.45, 7) is 0. The van der Waals surface area contributed by atoms with Gasteiger partial charge in [-0.2, -0.15) is 0 Å². The summed E-state index contributed by atoms with van der Waals surface area (Å²) in [5, 5.41) is 6.68. The first-order chi connectivity index (χ1) is 31.3. The third-order valence-electron chi connectivity index (χ3n) is 13.3. The summed E-state index contributed by atoms with van der Waals surface area (Å²) in [7, 11) is 0. The lowest BCUT2D eigenvalue weighted by atomic mass is 9.67. The maximum absolute atomic E-state index is 5.48. The monoisotopic (exact) mass is 800 g/mol. The Hall–Kier alpha value is -8.34. The van der Waals surface area contributed by atoms with Gasteiger partial charge in [0.05, 0.1) is 33.2 Å². The minimum Gasteiger partial charge on any atom is -0.256 e. The third-order valence-corrected chi connectivity index (χ3v) is 13.3. The van der Waals surface area contributed by atoms with E-state index in [0.717, 1.165) is 82.5 Å². The zero-order valence-corrected chi connectivity index (χ0v) is 34.1. The van der Waals surface area contributed by atoms with Gasteiger partial charge in [-0.15, -0.1) is 0 Å². The van der Waals surface area contributed by atoms with Gasteiger partial charge in [-0.3, -0.25) is 15.0 Å². The smallest absolute Gasteiger partial charge is 0.0970 e. The summed E-state index contributed by atoms with van der Waals surface area (Å²) in [4.78, 5) is 20.0. The van der Waals surface area contributed by atoms with Crippen LogP contribution in [0.1, 0.15) is 22.3 Å². The van der Waals surface area contributed by atoms with Gasteiger partial charge in [-0.25, -0.2) is 4.98 Å². The lowest BCUT2D eigenvalue weighted by Gasteiger charge is -2.34. The van der Waals surface area contributed by atoms with Gasteiger partial charge in [-0.05, 0) is 97.9 Å². The first kappa shape index (κ1) is 35.4. The lowest BCUT2D eigenvalue weighted by molar-refractivity contribution is 0.769. The molecule has 4 nitrogen and oxygen atoms in total. The quantitative estimate of drug-likeness (QED) is 0.163. The van der Waals surface area contributed by atoms with Crippen molar-refractivity contribution in [3.63, 3.8) is 0 Å². The fraction of sp³-hybridized carbons (Fsp3) is 0.0169. The molecule has 13 rings (SSSR count).